The molecule has 0 aliphatic heterocycles. The third kappa shape index (κ3) is 3.16. The van der Waals surface area contributed by atoms with E-state index in [-0.39, 0.29) is 6.04 Å². The molecule has 1 aromatic heterocycles. The van der Waals surface area contributed by atoms with E-state index in [4.69, 9.17) is 5.84 Å². The van der Waals surface area contributed by atoms with Crippen LogP contribution < -0.4 is 11.3 Å². The van der Waals surface area contributed by atoms with E-state index in [9.17, 15) is 0 Å². The number of hydrazine groups is 1. The van der Waals surface area contributed by atoms with Gasteiger partial charge in [0.05, 0.1) is 6.04 Å². The van der Waals surface area contributed by atoms with Gasteiger partial charge in [0.2, 0.25) is 0 Å². The van der Waals surface area contributed by atoms with Crippen LogP contribution in [0.2, 0.25) is 0 Å². The molecular weight excluding hydrogens is 296 g/mol. The SMILES string of the molecule is Cc1ccccc1C(Cc1cc(Br)cs1)NN. The van der Waals surface area contributed by atoms with E-state index in [1.807, 2.05) is 6.07 Å². The molecule has 2 nitrogen and oxygen atoms in total. The Hall–Kier alpha value is -0.680. The second-order valence-electron chi connectivity index (χ2n) is 4.01. The van der Waals surface area contributed by atoms with Crippen LogP contribution in [0.4, 0.5) is 0 Å². The van der Waals surface area contributed by atoms with Crippen molar-refractivity contribution >= 4 is 27.3 Å². The highest BCUT2D eigenvalue weighted by molar-refractivity contribution is 9.10. The molecule has 0 aliphatic carbocycles. The number of thiophene rings is 1. The quantitative estimate of drug-likeness (QED) is 0.669. The summed E-state index contributed by atoms with van der Waals surface area (Å²) in [5, 5.41) is 2.10. The average Bonchev–Trinajstić information content (AvgIpc) is 2.73. The lowest BCUT2D eigenvalue weighted by Gasteiger charge is -2.17. The van der Waals surface area contributed by atoms with Gasteiger partial charge >= 0.3 is 0 Å². The molecule has 0 saturated heterocycles. The van der Waals surface area contributed by atoms with Gasteiger partial charge in [-0.3, -0.25) is 11.3 Å². The minimum absolute atomic E-state index is 0.168. The first-order valence-electron chi connectivity index (χ1n) is 5.45. The van der Waals surface area contributed by atoms with Crippen molar-refractivity contribution in [3.05, 3.63) is 56.2 Å². The Bertz CT molecular complexity index is 496. The van der Waals surface area contributed by atoms with Crippen molar-refractivity contribution in [1.82, 2.24) is 5.43 Å². The Balaban J connectivity index is 2.20. The smallest absolute Gasteiger partial charge is 0.0510 e. The van der Waals surface area contributed by atoms with Gasteiger partial charge in [0.15, 0.2) is 0 Å². The summed E-state index contributed by atoms with van der Waals surface area (Å²) >= 11 is 5.22. The summed E-state index contributed by atoms with van der Waals surface area (Å²) in [6.45, 7) is 2.12. The van der Waals surface area contributed by atoms with Crippen molar-refractivity contribution in [2.24, 2.45) is 5.84 Å². The van der Waals surface area contributed by atoms with Gasteiger partial charge in [-0.15, -0.1) is 11.3 Å². The second kappa shape index (κ2) is 5.78. The number of hydrogen-bond acceptors (Lipinski definition) is 3. The normalized spacial score (nSPS) is 12.6. The minimum Gasteiger partial charge on any atom is -0.271 e. The van der Waals surface area contributed by atoms with Gasteiger partial charge < -0.3 is 0 Å². The predicted octanol–water partition coefficient (Wildman–Crippen LogP) is 3.57. The summed E-state index contributed by atoms with van der Waals surface area (Å²) in [7, 11) is 0. The van der Waals surface area contributed by atoms with Crippen molar-refractivity contribution in [2.45, 2.75) is 19.4 Å². The molecule has 0 saturated carbocycles. The zero-order valence-corrected chi connectivity index (χ0v) is 12.0. The molecule has 1 atom stereocenters. The molecule has 0 aliphatic rings. The van der Waals surface area contributed by atoms with E-state index >= 15 is 0 Å². The fourth-order valence-electron chi connectivity index (χ4n) is 1.90. The molecule has 0 bridgehead atoms. The van der Waals surface area contributed by atoms with Crippen molar-refractivity contribution < 1.29 is 0 Å². The molecule has 0 fully saturated rings. The molecule has 0 radical (unpaired) electrons. The third-order valence-electron chi connectivity index (χ3n) is 2.79. The molecule has 90 valence electrons. The zero-order chi connectivity index (χ0) is 12.3. The summed E-state index contributed by atoms with van der Waals surface area (Å²) in [4.78, 5) is 1.32. The molecule has 0 amide bonds. The first-order chi connectivity index (χ1) is 8.20. The zero-order valence-electron chi connectivity index (χ0n) is 9.61. The molecule has 4 heteroatoms. The van der Waals surface area contributed by atoms with Gasteiger partial charge in [0.25, 0.3) is 0 Å². The van der Waals surface area contributed by atoms with Crippen LogP contribution in [0, 0.1) is 6.92 Å². The molecule has 1 aromatic carbocycles. The van der Waals surface area contributed by atoms with E-state index < -0.39 is 0 Å². The number of benzene rings is 1. The summed E-state index contributed by atoms with van der Waals surface area (Å²) in [5.41, 5.74) is 5.44. The molecule has 1 unspecified atom stereocenters. The first-order valence-corrected chi connectivity index (χ1v) is 7.12. The van der Waals surface area contributed by atoms with Crippen molar-refractivity contribution in [3.8, 4) is 0 Å². The molecule has 0 spiro atoms. The van der Waals surface area contributed by atoms with E-state index in [2.05, 4.69) is 57.9 Å². The van der Waals surface area contributed by atoms with Crippen LogP contribution in [-0.4, -0.2) is 0 Å². The standard InChI is InChI=1S/C13H15BrN2S/c1-9-4-2-3-5-12(9)13(16-15)7-11-6-10(14)8-17-11/h2-6,8,13,16H,7,15H2,1H3. The van der Waals surface area contributed by atoms with E-state index in [1.165, 1.54) is 16.0 Å². The van der Waals surface area contributed by atoms with E-state index in [0.29, 0.717) is 0 Å². The van der Waals surface area contributed by atoms with E-state index in [0.717, 1.165) is 10.9 Å². The number of rotatable bonds is 4. The first kappa shape index (κ1) is 12.8. The van der Waals surface area contributed by atoms with Gasteiger partial charge in [-0.05, 0) is 40.0 Å². The summed E-state index contributed by atoms with van der Waals surface area (Å²) in [6.07, 6.45) is 0.914. The highest BCUT2D eigenvalue weighted by Crippen LogP contribution is 2.26. The van der Waals surface area contributed by atoms with Crippen LogP contribution in [0.3, 0.4) is 0 Å². The number of nitrogens with two attached hydrogens (primary N) is 1. The number of aryl methyl sites for hydroxylation is 1. The Kier molecular flexibility index (Phi) is 4.34. The number of nitrogens with one attached hydrogen (secondary N) is 1. The lowest BCUT2D eigenvalue weighted by Crippen LogP contribution is -2.29. The van der Waals surface area contributed by atoms with Gasteiger partial charge in [-0.25, -0.2) is 0 Å². The number of halogens is 1. The molecule has 3 N–H and O–H groups in total. The Morgan fingerprint density at radius 2 is 2.18 bits per heavy atom. The highest BCUT2D eigenvalue weighted by Gasteiger charge is 2.13. The van der Waals surface area contributed by atoms with Crippen molar-refractivity contribution in [3.63, 3.8) is 0 Å². The Labute approximate surface area is 114 Å². The van der Waals surface area contributed by atoms with Crippen molar-refractivity contribution in [2.75, 3.05) is 0 Å². The van der Waals surface area contributed by atoms with Gasteiger partial charge in [0.1, 0.15) is 0 Å². The minimum atomic E-state index is 0.168. The Morgan fingerprint density at radius 1 is 1.41 bits per heavy atom. The molecule has 1 heterocycles. The molecule has 17 heavy (non-hydrogen) atoms. The lowest BCUT2D eigenvalue weighted by molar-refractivity contribution is 0.553. The second-order valence-corrected chi connectivity index (χ2v) is 5.92. The fourth-order valence-corrected chi connectivity index (χ4v) is 3.40. The van der Waals surface area contributed by atoms with E-state index in [1.54, 1.807) is 11.3 Å². The topological polar surface area (TPSA) is 38.0 Å². The van der Waals surface area contributed by atoms with Gasteiger partial charge in [-0.1, -0.05) is 24.3 Å². The summed E-state index contributed by atoms with van der Waals surface area (Å²) in [6, 6.07) is 10.7. The van der Waals surface area contributed by atoms with Gasteiger partial charge in [-0.2, -0.15) is 0 Å². The largest absolute Gasteiger partial charge is 0.271 e. The summed E-state index contributed by atoms with van der Waals surface area (Å²) in [5.74, 6) is 5.67. The Morgan fingerprint density at radius 3 is 2.76 bits per heavy atom. The van der Waals surface area contributed by atoms with Crippen LogP contribution >= 0.6 is 27.3 Å². The predicted molar refractivity (Wildman–Crippen MR) is 77.0 cm³/mol. The third-order valence-corrected chi connectivity index (χ3v) is 4.51. The molecule has 2 rings (SSSR count). The average molecular weight is 311 g/mol. The summed E-state index contributed by atoms with van der Waals surface area (Å²) < 4.78 is 1.14. The maximum absolute atomic E-state index is 5.67. The maximum Gasteiger partial charge on any atom is 0.0510 e. The lowest BCUT2D eigenvalue weighted by atomic mass is 9.99. The molecular formula is C13H15BrN2S. The van der Waals surface area contributed by atoms with Gasteiger partial charge in [0, 0.05) is 21.2 Å². The number of hydrogen-bond donors (Lipinski definition) is 2. The van der Waals surface area contributed by atoms with Crippen LogP contribution in [0.5, 0.6) is 0 Å². The monoisotopic (exact) mass is 310 g/mol. The fraction of sp³-hybridized carbons (Fsp3) is 0.231. The molecule has 2 aromatic rings. The van der Waals surface area contributed by atoms with Crippen LogP contribution in [0.1, 0.15) is 22.0 Å². The van der Waals surface area contributed by atoms with Crippen LogP contribution in [-0.2, 0) is 6.42 Å². The van der Waals surface area contributed by atoms with Crippen LogP contribution in [0.25, 0.3) is 0 Å². The maximum atomic E-state index is 5.67. The van der Waals surface area contributed by atoms with Crippen LogP contribution in [0.15, 0.2) is 40.2 Å². The highest BCUT2D eigenvalue weighted by atomic mass is 79.9. The van der Waals surface area contributed by atoms with Crippen molar-refractivity contribution in [1.29, 1.82) is 0 Å².